The molecule has 36 heavy (non-hydrogen) atoms. The predicted octanol–water partition coefficient (Wildman–Crippen LogP) is 3.69. The van der Waals surface area contributed by atoms with E-state index >= 15 is 0 Å². The van der Waals surface area contributed by atoms with E-state index in [0.717, 1.165) is 19.2 Å². The van der Waals surface area contributed by atoms with Crippen LogP contribution in [0.3, 0.4) is 0 Å². The molecule has 3 aromatic rings. The van der Waals surface area contributed by atoms with Crippen molar-refractivity contribution in [1.29, 1.82) is 5.26 Å². The van der Waals surface area contributed by atoms with Crippen LogP contribution in [0.2, 0.25) is 0 Å². The summed E-state index contributed by atoms with van der Waals surface area (Å²) in [5.41, 5.74) is 2.48. The number of amides is 1. The Bertz CT molecular complexity index is 1340. The highest BCUT2D eigenvalue weighted by molar-refractivity contribution is 7.85. The zero-order valence-corrected chi connectivity index (χ0v) is 20.3. The Hall–Kier alpha value is -3.97. The van der Waals surface area contributed by atoms with Crippen molar-refractivity contribution < 1.29 is 17.8 Å². The fraction of sp³-hybridized carbons (Fsp3) is 0.185. The van der Waals surface area contributed by atoms with Crippen molar-refractivity contribution in [3.05, 3.63) is 108 Å². The molecule has 3 aromatic carbocycles. The maximum Gasteiger partial charge on any atom is 0.294 e. The summed E-state index contributed by atoms with van der Waals surface area (Å²) >= 11 is 0. The lowest BCUT2D eigenvalue weighted by Gasteiger charge is -2.39. The maximum absolute atomic E-state index is 12.7. The van der Waals surface area contributed by atoms with Crippen molar-refractivity contribution >= 4 is 21.7 Å². The van der Waals surface area contributed by atoms with Crippen molar-refractivity contribution in [2.45, 2.75) is 10.9 Å². The number of carbonyl (C=O) groups excluding carboxylic acids is 1. The largest absolute Gasteiger partial charge is 0.374 e. The van der Waals surface area contributed by atoms with Crippen LogP contribution < -0.4 is 5.32 Å². The molecule has 1 fully saturated rings. The van der Waals surface area contributed by atoms with E-state index < -0.39 is 16.0 Å². The minimum absolute atomic E-state index is 0.0941. The van der Waals surface area contributed by atoms with Gasteiger partial charge in [-0.05, 0) is 29.3 Å². The summed E-state index contributed by atoms with van der Waals surface area (Å²) in [6, 6.07) is 27.9. The zero-order chi connectivity index (χ0) is 25.5. The lowest BCUT2D eigenvalue weighted by Crippen LogP contribution is -2.46. The summed E-state index contributed by atoms with van der Waals surface area (Å²) in [6.45, 7) is 2.74. The Morgan fingerprint density at radius 1 is 0.917 bits per heavy atom. The summed E-state index contributed by atoms with van der Waals surface area (Å²) in [4.78, 5) is 16.7. The Morgan fingerprint density at radius 3 is 2.03 bits per heavy atom. The van der Waals surface area contributed by atoms with Gasteiger partial charge in [-0.3, -0.25) is 14.2 Å². The summed E-state index contributed by atoms with van der Waals surface area (Å²) in [7, 11) is -4.41. The highest BCUT2D eigenvalue weighted by atomic mass is 32.2. The van der Waals surface area contributed by atoms with Crippen molar-refractivity contribution in [1.82, 2.24) is 9.80 Å². The topological polar surface area (TPSA) is 114 Å². The van der Waals surface area contributed by atoms with Gasteiger partial charge in [-0.15, -0.1) is 0 Å². The van der Waals surface area contributed by atoms with E-state index in [0.29, 0.717) is 13.1 Å². The second kappa shape index (κ2) is 11.2. The van der Waals surface area contributed by atoms with Crippen LogP contribution in [-0.2, 0) is 14.9 Å². The summed E-state index contributed by atoms with van der Waals surface area (Å²) < 4.78 is 31.9. The lowest BCUT2D eigenvalue weighted by molar-refractivity contribution is -0.112. The van der Waals surface area contributed by atoms with Gasteiger partial charge >= 0.3 is 0 Å². The number of piperazine rings is 1. The molecule has 1 aliphatic heterocycles. The number of benzene rings is 3. The van der Waals surface area contributed by atoms with Crippen LogP contribution in [0.25, 0.3) is 0 Å². The summed E-state index contributed by atoms with van der Waals surface area (Å²) in [6.07, 6.45) is 1.54. The minimum Gasteiger partial charge on any atom is -0.374 e. The Balaban J connectivity index is 1.45. The highest BCUT2D eigenvalue weighted by Gasteiger charge is 2.26. The fourth-order valence-electron chi connectivity index (χ4n) is 4.26. The first kappa shape index (κ1) is 25.1. The minimum atomic E-state index is -4.41. The Kier molecular flexibility index (Phi) is 7.80. The molecule has 1 aliphatic rings. The van der Waals surface area contributed by atoms with Crippen LogP contribution in [0.5, 0.6) is 0 Å². The van der Waals surface area contributed by atoms with E-state index in [1.807, 2.05) is 47.4 Å². The smallest absolute Gasteiger partial charge is 0.294 e. The Labute approximate surface area is 210 Å². The number of anilines is 1. The number of rotatable bonds is 7. The zero-order valence-electron chi connectivity index (χ0n) is 19.5. The molecule has 2 N–H and O–H groups in total. The lowest BCUT2D eigenvalue weighted by atomic mass is 9.96. The second-order valence-corrected chi connectivity index (χ2v) is 9.83. The summed E-state index contributed by atoms with van der Waals surface area (Å²) in [5, 5.41) is 12.1. The first-order chi connectivity index (χ1) is 17.3. The molecule has 0 radical (unpaired) electrons. The van der Waals surface area contributed by atoms with Crippen molar-refractivity contribution in [3.8, 4) is 6.07 Å². The third-order valence-corrected chi connectivity index (χ3v) is 6.86. The molecule has 0 atom stereocenters. The molecule has 1 amide bonds. The Morgan fingerprint density at radius 2 is 1.50 bits per heavy atom. The maximum atomic E-state index is 12.7. The van der Waals surface area contributed by atoms with Gasteiger partial charge in [-0.2, -0.15) is 13.7 Å². The number of carbonyl (C=O) groups is 1. The van der Waals surface area contributed by atoms with Gasteiger partial charge < -0.3 is 10.2 Å². The highest BCUT2D eigenvalue weighted by Crippen LogP contribution is 2.29. The van der Waals surface area contributed by atoms with E-state index in [4.69, 9.17) is 0 Å². The molecular weight excluding hydrogens is 476 g/mol. The molecule has 1 heterocycles. The van der Waals surface area contributed by atoms with Gasteiger partial charge in [-0.1, -0.05) is 66.7 Å². The van der Waals surface area contributed by atoms with Gasteiger partial charge in [0.2, 0.25) is 0 Å². The predicted molar refractivity (Wildman–Crippen MR) is 136 cm³/mol. The molecule has 0 unspecified atom stereocenters. The SMILES string of the molecule is N#C/C(=C/N1CCN(C(c2ccccc2)c2ccccc2)CC1)C(=O)Nc1cccc(S(=O)(=O)O)c1. The van der Waals surface area contributed by atoms with Crippen LogP contribution in [0.15, 0.2) is 102 Å². The average Bonchev–Trinajstić information content (AvgIpc) is 2.89. The molecule has 8 nitrogen and oxygen atoms in total. The van der Waals surface area contributed by atoms with Crippen molar-refractivity contribution in [2.24, 2.45) is 0 Å². The van der Waals surface area contributed by atoms with Gasteiger partial charge in [-0.25, -0.2) is 0 Å². The van der Waals surface area contributed by atoms with Gasteiger partial charge in [0.1, 0.15) is 11.6 Å². The molecule has 9 heteroatoms. The van der Waals surface area contributed by atoms with Crippen molar-refractivity contribution in [2.75, 3.05) is 31.5 Å². The van der Waals surface area contributed by atoms with Crippen LogP contribution in [0.1, 0.15) is 17.2 Å². The molecule has 0 spiro atoms. The second-order valence-electron chi connectivity index (χ2n) is 8.41. The molecule has 0 saturated carbocycles. The molecule has 184 valence electrons. The van der Waals surface area contributed by atoms with E-state index in [2.05, 4.69) is 34.5 Å². The van der Waals surface area contributed by atoms with Gasteiger partial charge in [0.25, 0.3) is 16.0 Å². The molecular formula is C27H26N4O4S. The van der Waals surface area contributed by atoms with Crippen LogP contribution >= 0.6 is 0 Å². The number of nitrogens with one attached hydrogen (secondary N) is 1. The first-order valence-corrected chi connectivity index (χ1v) is 12.9. The van der Waals surface area contributed by atoms with Crippen LogP contribution in [0.4, 0.5) is 5.69 Å². The van der Waals surface area contributed by atoms with E-state index in [1.165, 1.54) is 29.3 Å². The average molecular weight is 503 g/mol. The van der Waals surface area contributed by atoms with Gasteiger partial charge in [0, 0.05) is 38.1 Å². The fourth-order valence-corrected chi connectivity index (χ4v) is 4.79. The van der Waals surface area contributed by atoms with Gasteiger partial charge in [0.05, 0.1) is 10.9 Å². The summed E-state index contributed by atoms with van der Waals surface area (Å²) in [5.74, 6) is -0.654. The van der Waals surface area contributed by atoms with E-state index in [-0.39, 0.29) is 22.2 Å². The van der Waals surface area contributed by atoms with Crippen LogP contribution in [-0.4, -0.2) is 54.9 Å². The number of hydrogen-bond acceptors (Lipinski definition) is 6. The quantitative estimate of drug-likeness (QED) is 0.288. The molecule has 1 saturated heterocycles. The molecule has 4 rings (SSSR count). The molecule has 0 bridgehead atoms. The van der Waals surface area contributed by atoms with Crippen molar-refractivity contribution in [3.63, 3.8) is 0 Å². The molecule has 0 aromatic heterocycles. The van der Waals surface area contributed by atoms with E-state index in [1.54, 1.807) is 6.20 Å². The number of nitrogens with zero attached hydrogens (tertiary/aromatic N) is 3. The van der Waals surface area contributed by atoms with Gasteiger partial charge in [0.15, 0.2) is 0 Å². The molecule has 0 aliphatic carbocycles. The third-order valence-electron chi connectivity index (χ3n) is 6.01. The normalized spacial score (nSPS) is 14.9. The number of nitriles is 1. The van der Waals surface area contributed by atoms with E-state index in [9.17, 15) is 23.0 Å². The monoisotopic (exact) mass is 502 g/mol. The first-order valence-electron chi connectivity index (χ1n) is 11.4. The van der Waals surface area contributed by atoms with Crippen LogP contribution in [0, 0.1) is 11.3 Å². The third kappa shape index (κ3) is 6.17. The number of hydrogen-bond donors (Lipinski definition) is 2. The standard InChI is InChI=1S/C27H26N4O4S/c28-19-23(27(32)29-24-12-7-13-25(18-24)36(33,34)35)20-30-14-16-31(17-15-30)26(21-8-3-1-4-9-21)22-10-5-2-6-11-22/h1-13,18,20,26H,14-17H2,(H,29,32)(H,33,34,35)/b23-20-.